The van der Waals surface area contributed by atoms with Gasteiger partial charge in [0.15, 0.2) is 0 Å². The Morgan fingerprint density at radius 2 is 0.862 bits per heavy atom. The molecular weight excluding hydrogens is 487 g/mol. The third-order valence-corrected chi connectivity index (χ3v) is 6.54. The Hall–Kier alpha value is -1.18. The van der Waals surface area contributed by atoms with Crippen LogP contribution < -0.4 is 0 Å². The van der Waals surface area contributed by atoms with Crippen LogP contribution in [0.3, 0.4) is 0 Å². The van der Waals surface area contributed by atoms with E-state index < -0.39 is 0 Å². The fraction of sp³-hybridized carbons (Fsp3) is 0.357. The van der Waals surface area contributed by atoms with Crippen LogP contribution in [0.2, 0.25) is 0 Å². The van der Waals surface area contributed by atoms with Crippen LogP contribution in [0.25, 0.3) is 0 Å². The number of hydrogen-bond acceptors (Lipinski definition) is 0. The third kappa shape index (κ3) is 6.93. The van der Waals surface area contributed by atoms with Crippen LogP contribution in [-0.4, -0.2) is 0 Å². The monoisotopic (exact) mass is 523 g/mol. The maximum Gasteiger partial charge on any atom is 3.00 e. The summed E-state index contributed by atoms with van der Waals surface area (Å²) in [7, 11) is 0. The van der Waals surface area contributed by atoms with E-state index in [1.165, 1.54) is 55.6 Å². The van der Waals surface area contributed by atoms with E-state index >= 15 is 0 Å². The molecule has 0 amide bonds. The van der Waals surface area contributed by atoms with Crippen molar-refractivity contribution in [1.82, 2.24) is 0 Å². The molecule has 0 aliphatic heterocycles. The van der Waals surface area contributed by atoms with Crippen molar-refractivity contribution < 1.29 is 40.4 Å². The third-order valence-electron chi connectivity index (χ3n) is 6.54. The predicted octanol–water partition coefficient (Wildman–Crippen LogP) is 7.52. The van der Waals surface area contributed by atoms with Crippen LogP contribution in [-0.2, 0) is 0 Å². The number of hydrogen-bond donors (Lipinski definition) is 0. The van der Waals surface area contributed by atoms with E-state index in [0.717, 1.165) is 5.56 Å². The van der Waals surface area contributed by atoms with E-state index in [0.29, 0.717) is 0 Å². The maximum absolute atomic E-state index is 6.69. The largest absolute Gasteiger partial charge is 3.00 e. The van der Waals surface area contributed by atoms with Gasteiger partial charge < -0.3 is 6.42 Å². The van der Waals surface area contributed by atoms with Crippen LogP contribution in [0.5, 0.6) is 0 Å². The molecule has 29 heavy (non-hydrogen) atoms. The van der Waals surface area contributed by atoms with Crippen LogP contribution >= 0.6 is 0 Å². The predicted molar refractivity (Wildman–Crippen MR) is 124 cm³/mol. The molecular formula is C28H35Sm. The second-order valence-electron chi connectivity index (χ2n) is 7.74. The molecule has 0 unspecified atom stereocenters. The van der Waals surface area contributed by atoms with E-state index in [2.05, 4.69) is 75.2 Å². The molecule has 153 valence electrons. The molecule has 0 bridgehead atoms. The molecule has 0 nitrogen and oxygen atoms in total. The van der Waals surface area contributed by atoms with Crippen molar-refractivity contribution in [3.05, 3.63) is 98.0 Å². The van der Waals surface area contributed by atoms with Gasteiger partial charge in [0.25, 0.3) is 0 Å². The van der Waals surface area contributed by atoms with Gasteiger partial charge in [-0.2, -0.15) is 55.6 Å². The van der Waals surface area contributed by atoms with Gasteiger partial charge in [0.2, 0.25) is 0 Å². The molecule has 3 rings (SSSR count). The summed E-state index contributed by atoms with van der Waals surface area (Å²) in [6.45, 7) is 22.0. The Morgan fingerprint density at radius 1 is 0.586 bits per heavy atom. The van der Waals surface area contributed by atoms with Crippen LogP contribution in [0.15, 0.2) is 30.3 Å². The Bertz CT molecular complexity index is 740. The molecule has 0 spiro atoms. The van der Waals surface area contributed by atoms with E-state index in [9.17, 15) is 0 Å². The molecule has 0 N–H and O–H groups in total. The number of benzene rings is 1. The van der Waals surface area contributed by atoms with Gasteiger partial charge in [-0.05, 0) is 0 Å². The molecule has 0 saturated carbocycles. The van der Waals surface area contributed by atoms with Crippen molar-refractivity contribution in [2.24, 2.45) is 0 Å². The van der Waals surface area contributed by atoms with Gasteiger partial charge in [0.05, 0.1) is 0 Å². The van der Waals surface area contributed by atoms with Crippen molar-refractivity contribution >= 4 is 0 Å². The second-order valence-corrected chi connectivity index (χ2v) is 7.74. The van der Waals surface area contributed by atoms with Crippen molar-refractivity contribution in [2.75, 3.05) is 0 Å². The van der Waals surface area contributed by atoms with Crippen molar-refractivity contribution in [1.29, 1.82) is 0 Å². The van der Waals surface area contributed by atoms with Gasteiger partial charge in [-0.25, -0.2) is 0 Å². The maximum atomic E-state index is 6.69. The first-order valence-corrected chi connectivity index (χ1v) is 9.91. The standard InChI is InChI=1S/2C10H15.C8H5.Sm/c2*1-6-7(2)9(4)10(5)8(6)3;1-2-8-6-4-3-5-7-8;/h2*1-5H3;3-7H;/q3*-1;+3. The minimum atomic E-state index is 0. The van der Waals surface area contributed by atoms with Crippen molar-refractivity contribution in [3.8, 4) is 5.92 Å². The Balaban J connectivity index is 0.000000401. The molecule has 1 radical (unpaired) electrons. The van der Waals surface area contributed by atoms with E-state index in [4.69, 9.17) is 6.42 Å². The van der Waals surface area contributed by atoms with E-state index in [1.807, 2.05) is 30.3 Å². The molecule has 3 aromatic rings. The zero-order valence-corrected chi connectivity index (χ0v) is 22.4. The Morgan fingerprint density at radius 3 is 1.00 bits per heavy atom. The fourth-order valence-electron chi connectivity index (χ4n) is 3.33. The summed E-state index contributed by atoms with van der Waals surface area (Å²) in [5.41, 5.74) is 15.5. The molecule has 0 fully saturated rings. The Labute approximate surface area is 212 Å². The van der Waals surface area contributed by atoms with E-state index in [-0.39, 0.29) is 40.4 Å². The molecule has 0 aliphatic carbocycles. The second kappa shape index (κ2) is 12.5. The van der Waals surface area contributed by atoms with Crippen LogP contribution in [0.1, 0.15) is 61.2 Å². The molecule has 0 saturated heterocycles. The summed E-state index contributed by atoms with van der Waals surface area (Å²) in [5, 5.41) is 0. The summed E-state index contributed by atoms with van der Waals surface area (Å²) >= 11 is 0. The summed E-state index contributed by atoms with van der Waals surface area (Å²) in [6, 6.07) is 9.37. The van der Waals surface area contributed by atoms with Crippen LogP contribution in [0.4, 0.5) is 0 Å². The molecule has 3 aromatic carbocycles. The van der Waals surface area contributed by atoms with Crippen molar-refractivity contribution in [2.45, 2.75) is 69.2 Å². The molecule has 0 atom stereocenters. The van der Waals surface area contributed by atoms with Gasteiger partial charge in [-0.1, -0.05) is 87.4 Å². The van der Waals surface area contributed by atoms with Gasteiger partial charge in [-0.15, -0.1) is 17.7 Å². The SMILES string of the molecule is Cc1c(C)c(C)[c-](C)c1C.Cc1c(C)c(C)[c-](C)c1C.[C-]#Cc1ccccc1.[Sm+3]. The van der Waals surface area contributed by atoms with Gasteiger partial charge in [0, 0.05) is 0 Å². The first-order chi connectivity index (χ1) is 13.0. The summed E-state index contributed by atoms with van der Waals surface area (Å²) in [6.07, 6.45) is 6.69. The fourth-order valence-corrected chi connectivity index (χ4v) is 3.33. The van der Waals surface area contributed by atoms with Crippen LogP contribution in [0, 0.1) is 122 Å². The minimum absolute atomic E-state index is 0. The van der Waals surface area contributed by atoms with Gasteiger partial charge >= 0.3 is 40.4 Å². The summed E-state index contributed by atoms with van der Waals surface area (Å²) < 4.78 is 0. The minimum Gasteiger partial charge on any atom is -0.366 e. The average Bonchev–Trinajstić information content (AvgIpc) is 2.99. The molecule has 0 aliphatic rings. The Kier molecular flexibility index (Phi) is 12.0. The molecule has 0 aromatic heterocycles. The summed E-state index contributed by atoms with van der Waals surface area (Å²) in [4.78, 5) is 0. The normalized spacial score (nSPS) is 9.41. The first-order valence-electron chi connectivity index (χ1n) is 9.91. The smallest absolute Gasteiger partial charge is 0.366 e. The van der Waals surface area contributed by atoms with Crippen molar-refractivity contribution in [3.63, 3.8) is 0 Å². The summed E-state index contributed by atoms with van der Waals surface area (Å²) in [5.74, 6) is 2.28. The van der Waals surface area contributed by atoms with E-state index in [1.54, 1.807) is 0 Å². The number of rotatable bonds is 0. The zero-order valence-electron chi connectivity index (χ0n) is 19.8. The molecule has 0 heterocycles. The first kappa shape index (κ1) is 27.8. The topological polar surface area (TPSA) is 0 Å². The quantitative estimate of drug-likeness (QED) is 0.212. The molecule has 1 heteroatoms. The van der Waals surface area contributed by atoms with Gasteiger partial charge in [-0.3, -0.25) is 5.92 Å². The van der Waals surface area contributed by atoms with Gasteiger partial charge in [0.1, 0.15) is 0 Å². The average molecular weight is 522 g/mol. The zero-order chi connectivity index (χ0) is 21.6.